The molecular weight excluding hydrogens is 540 g/mol. The normalized spacial score (nSPS) is 16.0. The van der Waals surface area contributed by atoms with E-state index in [-0.39, 0.29) is 0 Å². The predicted octanol–water partition coefficient (Wildman–Crippen LogP) is 6.67. The summed E-state index contributed by atoms with van der Waals surface area (Å²) in [5.74, 6) is 2.99. The molecule has 1 saturated heterocycles. The van der Waals surface area contributed by atoms with Crippen molar-refractivity contribution in [3.63, 3.8) is 0 Å². The van der Waals surface area contributed by atoms with E-state index in [1.54, 1.807) is 12.4 Å². The summed E-state index contributed by atoms with van der Waals surface area (Å²) >= 11 is 3.64. The van der Waals surface area contributed by atoms with Crippen molar-refractivity contribution in [1.29, 1.82) is 0 Å². The number of anilines is 1. The zero-order chi connectivity index (χ0) is 25.7. The van der Waals surface area contributed by atoms with Gasteiger partial charge in [-0.1, -0.05) is 36.4 Å². The summed E-state index contributed by atoms with van der Waals surface area (Å²) in [5.41, 5.74) is 4.30. The van der Waals surface area contributed by atoms with Crippen molar-refractivity contribution in [2.45, 2.75) is 31.8 Å². The Morgan fingerprint density at radius 1 is 0.947 bits per heavy atom. The lowest BCUT2D eigenvalue weighted by Crippen LogP contribution is -2.34. The SMILES string of the molecule is Brc1cnn2c(NCc3cccnc3)cc(C3CCCN(Cc4cccc(Oc5ccccc5)c4)C3)nc12. The van der Waals surface area contributed by atoms with E-state index in [4.69, 9.17) is 9.72 Å². The van der Waals surface area contributed by atoms with E-state index in [1.807, 2.05) is 53.2 Å². The molecule has 1 aliphatic rings. The lowest BCUT2D eigenvalue weighted by molar-refractivity contribution is 0.198. The first-order valence-electron chi connectivity index (χ1n) is 12.9. The number of para-hydroxylation sites is 1. The van der Waals surface area contributed by atoms with Gasteiger partial charge >= 0.3 is 0 Å². The van der Waals surface area contributed by atoms with Crippen LogP contribution < -0.4 is 10.1 Å². The first-order chi connectivity index (χ1) is 18.7. The van der Waals surface area contributed by atoms with Gasteiger partial charge in [0, 0.05) is 44.0 Å². The van der Waals surface area contributed by atoms with Gasteiger partial charge in [-0.3, -0.25) is 9.88 Å². The van der Waals surface area contributed by atoms with E-state index < -0.39 is 0 Å². The van der Waals surface area contributed by atoms with Gasteiger partial charge < -0.3 is 10.1 Å². The summed E-state index contributed by atoms with van der Waals surface area (Å²) in [6.45, 7) is 3.58. The van der Waals surface area contributed by atoms with Crippen LogP contribution in [0.15, 0.2) is 95.9 Å². The molecule has 8 heteroatoms. The quantitative estimate of drug-likeness (QED) is 0.225. The number of pyridine rings is 1. The lowest BCUT2D eigenvalue weighted by Gasteiger charge is -2.32. The maximum Gasteiger partial charge on any atom is 0.171 e. The van der Waals surface area contributed by atoms with Gasteiger partial charge in [0.2, 0.25) is 0 Å². The van der Waals surface area contributed by atoms with Crippen molar-refractivity contribution in [3.8, 4) is 11.5 Å². The van der Waals surface area contributed by atoms with E-state index in [0.717, 1.165) is 71.2 Å². The standard InChI is InChI=1S/C30H29BrN6O/c31-27-19-34-37-29(33-18-23-8-5-13-32-17-23)16-28(35-30(27)37)24-9-6-14-36(21-24)20-22-7-4-12-26(15-22)38-25-10-2-1-3-11-25/h1-5,7-8,10-13,15-17,19,24,33H,6,9,14,18,20-21H2. The van der Waals surface area contributed by atoms with Crippen molar-refractivity contribution < 1.29 is 4.74 Å². The monoisotopic (exact) mass is 568 g/mol. The summed E-state index contributed by atoms with van der Waals surface area (Å²) in [5, 5.41) is 8.08. The summed E-state index contributed by atoms with van der Waals surface area (Å²) in [6.07, 6.45) is 7.72. The number of hydrogen-bond donors (Lipinski definition) is 1. The zero-order valence-electron chi connectivity index (χ0n) is 21.0. The highest BCUT2D eigenvalue weighted by Gasteiger charge is 2.24. The van der Waals surface area contributed by atoms with Gasteiger partial charge in [-0.25, -0.2) is 4.98 Å². The van der Waals surface area contributed by atoms with Gasteiger partial charge in [0.1, 0.15) is 17.3 Å². The number of nitrogens with one attached hydrogen (secondary N) is 1. The van der Waals surface area contributed by atoms with Gasteiger partial charge in [0.05, 0.1) is 16.4 Å². The Labute approximate surface area is 230 Å². The Morgan fingerprint density at radius 3 is 2.68 bits per heavy atom. The molecule has 1 unspecified atom stereocenters. The molecule has 0 saturated carbocycles. The van der Waals surface area contributed by atoms with Crippen LogP contribution in [0.2, 0.25) is 0 Å². The summed E-state index contributed by atoms with van der Waals surface area (Å²) in [7, 11) is 0. The fourth-order valence-corrected chi connectivity index (χ4v) is 5.36. The van der Waals surface area contributed by atoms with Crippen LogP contribution in [0.5, 0.6) is 11.5 Å². The molecule has 3 aromatic heterocycles. The molecule has 1 atom stereocenters. The topological polar surface area (TPSA) is 67.6 Å². The number of benzene rings is 2. The first-order valence-corrected chi connectivity index (χ1v) is 13.7. The van der Waals surface area contributed by atoms with Crippen LogP contribution in [0.4, 0.5) is 5.82 Å². The maximum atomic E-state index is 6.06. The molecule has 38 heavy (non-hydrogen) atoms. The number of likely N-dealkylation sites (tertiary alicyclic amines) is 1. The van der Waals surface area contributed by atoms with Crippen molar-refractivity contribution in [1.82, 2.24) is 24.5 Å². The number of ether oxygens (including phenoxy) is 1. The summed E-state index contributed by atoms with van der Waals surface area (Å²) in [6, 6.07) is 24.5. The Bertz CT molecular complexity index is 1510. The van der Waals surface area contributed by atoms with Crippen LogP contribution in [0.1, 0.15) is 35.6 Å². The molecule has 0 radical (unpaired) electrons. The average Bonchev–Trinajstić information content (AvgIpc) is 3.34. The summed E-state index contributed by atoms with van der Waals surface area (Å²) < 4.78 is 8.82. The second kappa shape index (κ2) is 11.3. The Balaban J connectivity index is 1.18. The van der Waals surface area contributed by atoms with Crippen molar-refractivity contribution in [2.24, 2.45) is 0 Å². The predicted molar refractivity (Wildman–Crippen MR) is 152 cm³/mol. The van der Waals surface area contributed by atoms with Crippen molar-refractivity contribution in [2.75, 3.05) is 18.4 Å². The molecule has 0 amide bonds. The Kier molecular flexibility index (Phi) is 7.33. The molecule has 4 heterocycles. The Morgan fingerprint density at radius 2 is 1.82 bits per heavy atom. The molecule has 1 aliphatic heterocycles. The minimum absolute atomic E-state index is 0.346. The largest absolute Gasteiger partial charge is 0.457 e. The molecule has 6 rings (SSSR count). The third-order valence-corrected chi connectivity index (χ3v) is 7.41. The zero-order valence-corrected chi connectivity index (χ0v) is 22.6. The molecule has 0 spiro atoms. The number of fused-ring (bicyclic) bond motifs is 1. The molecule has 5 aromatic rings. The van der Waals surface area contributed by atoms with E-state index in [1.165, 1.54) is 5.56 Å². The van der Waals surface area contributed by atoms with E-state index >= 15 is 0 Å². The molecule has 0 bridgehead atoms. The molecule has 1 fully saturated rings. The summed E-state index contributed by atoms with van der Waals surface area (Å²) in [4.78, 5) is 11.8. The number of nitrogens with zero attached hydrogens (tertiary/aromatic N) is 5. The fourth-order valence-electron chi connectivity index (χ4n) is 5.02. The van der Waals surface area contributed by atoms with Crippen LogP contribution in [-0.2, 0) is 13.1 Å². The molecule has 2 aromatic carbocycles. The number of hydrogen-bond acceptors (Lipinski definition) is 6. The number of piperidine rings is 1. The number of aromatic nitrogens is 4. The Hall–Kier alpha value is -3.75. The van der Waals surface area contributed by atoms with Gasteiger partial charge in [-0.15, -0.1) is 0 Å². The second-order valence-corrected chi connectivity index (χ2v) is 10.5. The van der Waals surface area contributed by atoms with Gasteiger partial charge in [0.15, 0.2) is 5.65 Å². The van der Waals surface area contributed by atoms with E-state index in [2.05, 4.69) is 66.6 Å². The van der Waals surface area contributed by atoms with Crippen LogP contribution in [-0.4, -0.2) is 37.6 Å². The van der Waals surface area contributed by atoms with E-state index in [0.29, 0.717) is 12.5 Å². The fraction of sp³-hybridized carbons (Fsp3) is 0.233. The minimum atomic E-state index is 0.346. The lowest BCUT2D eigenvalue weighted by atomic mass is 9.94. The van der Waals surface area contributed by atoms with Crippen LogP contribution in [0, 0.1) is 0 Å². The van der Waals surface area contributed by atoms with Crippen LogP contribution in [0.3, 0.4) is 0 Å². The third-order valence-electron chi connectivity index (χ3n) is 6.85. The number of rotatable bonds is 8. The first kappa shape index (κ1) is 24.6. The molecule has 7 nitrogen and oxygen atoms in total. The van der Waals surface area contributed by atoms with Gasteiger partial charge in [0.25, 0.3) is 0 Å². The number of halogens is 1. The maximum absolute atomic E-state index is 6.06. The molecule has 1 N–H and O–H groups in total. The van der Waals surface area contributed by atoms with Crippen molar-refractivity contribution in [3.05, 3.63) is 113 Å². The van der Waals surface area contributed by atoms with Gasteiger partial charge in [-0.2, -0.15) is 9.61 Å². The van der Waals surface area contributed by atoms with E-state index in [9.17, 15) is 0 Å². The molecular formula is C30H29BrN6O. The molecule has 192 valence electrons. The minimum Gasteiger partial charge on any atom is -0.457 e. The second-order valence-electron chi connectivity index (χ2n) is 9.65. The average molecular weight is 570 g/mol. The molecule has 0 aliphatic carbocycles. The van der Waals surface area contributed by atoms with Crippen LogP contribution >= 0.6 is 15.9 Å². The smallest absolute Gasteiger partial charge is 0.171 e. The van der Waals surface area contributed by atoms with Crippen LogP contribution in [0.25, 0.3) is 5.65 Å². The third kappa shape index (κ3) is 5.71. The van der Waals surface area contributed by atoms with Gasteiger partial charge in [-0.05, 0) is 76.8 Å². The highest BCUT2D eigenvalue weighted by Crippen LogP contribution is 2.31. The van der Waals surface area contributed by atoms with Crippen molar-refractivity contribution >= 4 is 27.4 Å². The highest BCUT2D eigenvalue weighted by atomic mass is 79.9. The highest BCUT2D eigenvalue weighted by molar-refractivity contribution is 9.10.